The minimum Gasteiger partial charge on any atom is -0.449 e. The summed E-state index contributed by atoms with van der Waals surface area (Å²) in [7, 11) is 0. The molecule has 1 amide bonds. The van der Waals surface area contributed by atoms with Crippen molar-refractivity contribution in [2.75, 3.05) is 11.9 Å². The fraction of sp³-hybridized carbons (Fsp3) is 0.241. The molecule has 0 radical (unpaired) electrons. The average Bonchev–Trinajstić information content (AvgIpc) is 2.88. The molecule has 0 saturated carbocycles. The number of nitrogens with one attached hydrogen (secondary N) is 1. The van der Waals surface area contributed by atoms with E-state index in [1.807, 2.05) is 61.5 Å². The molecule has 2 aromatic carbocycles. The Kier molecular flexibility index (Phi) is 6.73. The number of para-hydroxylation sites is 1. The first-order chi connectivity index (χ1) is 17.5. The van der Waals surface area contributed by atoms with Crippen LogP contribution < -0.4 is 5.32 Å². The van der Waals surface area contributed by atoms with Crippen LogP contribution in [0.25, 0.3) is 10.9 Å². The lowest BCUT2D eigenvalue weighted by atomic mass is 9.95. The largest absolute Gasteiger partial charge is 0.449 e. The number of hydrogen-bond acceptors (Lipinski definition) is 6. The lowest BCUT2D eigenvalue weighted by molar-refractivity contribution is -0.123. The summed E-state index contributed by atoms with van der Waals surface area (Å²) in [5.74, 6) is -0.531. The molecule has 1 aliphatic rings. The number of anilines is 1. The van der Waals surface area contributed by atoms with E-state index < -0.39 is 18.0 Å². The Labute approximate surface area is 210 Å². The minimum absolute atomic E-state index is 0.422. The smallest absolute Gasteiger partial charge is 0.339 e. The summed E-state index contributed by atoms with van der Waals surface area (Å²) >= 11 is 0. The minimum atomic E-state index is -0.994. The van der Waals surface area contributed by atoms with Crippen molar-refractivity contribution >= 4 is 28.6 Å². The van der Waals surface area contributed by atoms with Crippen LogP contribution in [0.3, 0.4) is 0 Å². The predicted octanol–water partition coefficient (Wildman–Crippen LogP) is 4.68. The van der Waals surface area contributed by atoms with Crippen LogP contribution >= 0.6 is 0 Å². The molecular weight excluding hydrogens is 452 g/mol. The topological polar surface area (TPSA) is 84.4 Å². The summed E-state index contributed by atoms with van der Waals surface area (Å²) in [4.78, 5) is 37.8. The number of carbonyl (C=O) groups excluding carboxylic acids is 2. The number of amides is 1. The molecule has 4 aromatic rings. The second kappa shape index (κ2) is 10.3. The maximum absolute atomic E-state index is 13.6. The molecule has 0 aliphatic carbocycles. The van der Waals surface area contributed by atoms with Crippen LogP contribution in [0.2, 0.25) is 0 Å². The first-order valence-corrected chi connectivity index (χ1v) is 12.1. The van der Waals surface area contributed by atoms with Gasteiger partial charge in [0.15, 0.2) is 6.10 Å². The zero-order chi connectivity index (χ0) is 25.1. The normalized spacial score (nSPS) is 14.2. The Hall–Kier alpha value is -4.10. The Bertz CT molecular complexity index is 1420. The number of ether oxygens (including phenoxy) is 1. The summed E-state index contributed by atoms with van der Waals surface area (Å²) in [6, 6.07) is 23.2. The van der Waals surface area contributed by atoms with Crippen LogP contribution in [0.1, 0.15) is 39.8 Å². The molecule has 1 N–H and O–H groups in total. The monoisotopic (exact) mass is 480 g/mol. The van der Waals surface area contributed by atoms with E-state index in [9.17, 15) is 9.59 Å². The van der Waals surface area contributed by atoms with E-state index in [0.717, 1.165) is 47.4 Å². The molecule has 36 heavy (non-hydrogen) atoms. The number of pyridine rings is 2. The predicted molar refractivity (Wildman–Crippen MR) is 138 cm³/mol. The van der Waals surface area contributed by atoms with Crippen LogP contribution in [-0.4, -0.2) is 39.4 Å². The van der Waals surface area contributed by atoms with Crippen LogP contribution in [0.4, 0.5) is 5.82 Å². The summed E-state index contributed by atoms with van der Waals surface area (Å²) in [5.41, 5.74) is 5.02. The van der Waals surface area contributed by atoms with Crippen molar-refractivity contribution in [2.45, 2.75) is 39.5 Å². The average molecular weight is 481 g/mol. The number of rotatable bonds is 6. The summed E-state index contributed by atoms with van der Waals surface area (Å²) in [6.07, 6.45) is -0.256. The van der Waals surface area contributed by atoms with Gasteiger partial charge in [0, 0.05) is 48.4 Å². The Morgan fingerprint density at radius 3 is 2.58 bits per heavy atom. The summed E-state index contributed by atoms with van der Waals surface area (Å²) in [5, 5.41) is 3.46. The lowest BCUT2D eigenvalue weighted by Gasteiger charge is -2.30. The van der Waals surface area contributed by atoms with E-state index >= 15 is 0 Å². The van der Waals surface area contributed by atoms with Gasteiger partial charge in [0.1, 0.15) is 5.82 Å². The molecule has 1 unspecified atom stereocenters. The van der Waals surface area contributed by atoms with Crippen LogP contribution in [0.5, 0.6) is 0 Å². The Morgan fingerprint density at radius 1 is 1.00 bits per heavy atom. The second-order valence-electron chi connectivity index (χ2n) is 9.08. The number of aromatic nitrogens is 2. The van der Waals surface area contributed by atoms with Gasteiger partial charge in [0.2, 0.25) is 0 Å². The highest BCUT2D eigenvalue weighted by Gasteiger charge is 2.28. The lowest BCUT2D eigenvalue weighted by Crippen LogP contribution is -2.34. The third-order valence-electron chi connectivity index (χ3n) is 6.37. The van der Waals surface area contributed by atoms with Gasteiger partial charge in [-0.25, -0.2) is 9.78 Å². The molecule has 0 fully saturated rings. The van der Waals surface area contributed by atoms with Crippen molar-refractivity contribution in [1.82, 2.24) is 14.9 Å². The van der Waals surface area contributed by atoms with Gasteiger partial charge in [-0.2, -0.15) is 0 Å². The van der Waals surface area contributed by atoms with E-state index in [-0.39, 0.29) is 0 Å². The van der Waals surface area contributed by atoms with Gasteiger partial charge in [0.25, 0.3) is 5.91 Å². The number of hydrogen-bond donors (Lipinski definition) is 1. The maximum atomic E-state index is 13.6. The van der Waals surface area contributed by atoms with Crippen molar-refractivity contribution in [3.8, 4) is 0 Å². The van der Waals surface area contributed by atoms with Gasteiger partial charge < -0.3 is 10.1 Å². The quantitative estimate of drug-likeness (QED) is 0.404. The molecule has 5 rings (SSSR count). The first-order valence-electron chi connectivity index (χ1n) is 12.1. The highest BCUT2D eigenvalue weighted by molar-refractivity contribution is 6.06. The van der Waals surface area contributed by atoms with Gasteiger partial charge >= 0.3 is 5.97 Å². The number of fused-ring (bicyclic) bond motifs is 2. The summed E-state index contributed by atoms with van der Waals surface area (Å²) in [6.45, 7) is 5.63. The zero-order valence-electron chi connectivity index (χ0n) is 20.4. The zero-order valence-corrected chi connectivity index (χ0v) is 20.4. The van der Waals surface area contributed by atoms with Gasteiger partial charge in [-0.1, -0.05) is 54.6 Å². The Balaban J connectivity index is 1.41. The van der Waals surface area contributed by atoms with E-state index in [0.29, 0.717) is 17.9 Å². The van der Waals surface area contributed by atoms with E-state index in [4.69, 9.17) is 9.72 Å². The molecule has 0 spiro atoms. The molecule has 182 valence electrons. The molecule has 7 heteroatoms. The fourth-order valence-corrected chi connectivity index (χ4v) is 4.57. The van der Waals surface area contributed by atoms with Gasteiger partial charge in [-0.05, 0) is 37.6 Å². The van der Waals surface area contributed by atoms with Crippen molar-refractivity contribution in [1.29, 1.82) is 0 Å². The Morgan fingerprint density at radius 2 is 1.78 bits per heavy atom. The van der Waals surface area contributed by atoms with E-state index in [1.165, 1.54) is 5.56 Å². The molecule has 2 aromatic heterocycles. The van der Waals surface area contributed by atoms with Gasteiger partial charge in [0.05, 0.1) is 11.1 Å². The van der Waals surface area contributed by atoms with Gasteiger partial charge in [-0.15, -0.1) is 0 Å². The van der Waals surface area contributed by atoms with Crippen LogP contribution in [0, 0.1) is 6.92 Å². The molecule has 0 bridgehead atoms. The molecule has 1 atom stereocenters. The molecule has 3 heterocycles. The third kappa shape index (κ3) is 5.11. The van der Waals surface area contributed by atoms with Crippen molar-refractivity contribution in [3.05, 3.63) is 101 Å². The number of aryl methyl sites for hydroxylation is 1. The van der Waals surface area contributed by atoms with Crippen molar-refractivity contribution in [3.63, 3.8) is 0 Å². The van der Waals surface area contributed by atoms with Crippen molar-refractivity contribution in [2.24, 2.45) is 0 Å². The maximum Gasteiger partial charge on any atom is 0.339 e. The molecule has 0 saturated heterocycles. The van der Waals surface area contributed by atoms with E-state index in [1.54, 1.807) is 13.0 Å². The number of nitrogens with zero attached hydrogens (tertiary/aromatic N) is 3. The second-order valence-corrected chi connectivity index (χ2v) is 9.08. The number of carbonyl (C=O) groups is 2. The van der Waals surface area contributed by atoms with Crippen LogP contribution in [0.15, 0.2) is 72.8 Å². The third-order valence-corrected chi connectivity index (χ3v) is 6.37. The van der Waals surface area contributed by atoms with Crippen molar-refractivity contribution < 1.29 is 14.3 Å². The van der Waals surface area contributed by atoms with E-state index in [2.05, 4.69) is 27.3 Å². The number of benzene rings is 2. The highest BCUT2D eigenvalue weighted by atomic mass is 16.5. The summed E-state index contributed by atoms with van der Waals surface area (Å²) < 4.78 is 5.70. The van der Waals surface area contributed by atoms with Crippen LogP contribution in [-0.2, 0) is 29.0 Å². The SMILES string of the molecule is Cc1cccc(NC(=O)C(C)OC(=O)c2c3c(nc4ccccc24)CCN(Cc2ccccc2)C3)n1. The molecule has 1 aliphatic heterocycles. The first kappa shape index (κ1) is 23.6. The highest BCUT2D eigenvalue weighted by Crippen LogP contribution is 2.29. The fourth-order valence-electron chi connectivity index (χ4n) is 4.57. The standard InChI is InChI=1S/C29H28N4O3/c1-19-9-8-14-26(30-19)32-28(34)20(2)36-29(35)27-22-12-6-7-13-24(22)31-25-15-16-33(18-23(25)27)17-21-10-4-3-5-11-21/h3-14,20H,15-18H2,1-2H3,(H,30,32,34). The molecular formula is C29H28N4O3. The van der Waals surface area contributed by atoms with Gasteiger partial charge in [-0.3, -0.25) is 14.7 Å². The number of esters is 1. The molecule has 7 nitrogen and oxygen atoms in total.